The second-order valence-electron chi connectivity index (χ2n) is 4.16. The molecule has 1 N–H and O–H groups in total. The molecule has 0 aliphatic rings. The molecule has 1 atom stereocenters. The van der Waals surface area contributed by atoms with E-state index in [1.165, 1.54) is 0 Å². The molecule has 1 aromatic rings. The lowest BCUT2D eigenvalue weighted by molar-refractivity contribution is 0.0658. The number of ether oxygens (including phenoxy) is 3. The average molecular weight is 268 g/mol. The molecule has 0 spiro atoms. The van der Waals surface area contributed by atoms with E-state index in [2.05, 4.69) is 17.2 Å². The van der Waals surface area contributed by atoms with Crippen LogP contribution in [0.3, 0.4) is 0 Å². The third-order valence-electron chi connectivity index (χ3n) is 2.81. The van der Waals surface area contributed by atoms with Gasteiger partial charge in [-0.15, -0.1) is 0 Å². The summed E-state index contributed by atoms with van der Waals surface area (Å²) in [5, 5.41) is 3.43. The fourth-order valence-electron chi connectivity index (χ4n) is 1.82. The molecule has 5 heteroatoms. The average Bonchev–Trinajstić information content (AvgIpc) is 2.46. The van der Waals surface area contributed by atoms with Gasteiger partial charge >= 0.3 is 0 Å². The molecule has 1 heterocycles. The Labute approximate surface area is 115 Å². The molecular weight excluding hydrogens is 244 g/mol. The molecule has 0 aliphatic heterocycles. The van der Waals surface area contributed by atoms with Gasteiger partial charge in [-0.2, -0.15) is 0 Å². The summed E-state index contributed by atoms with van der Waals surface area (Å²) in [5.41, 5.74) is 1.12. The Bertz CT molecular complexity index is 347. The fraction of sp³-hybridized carbons (Fsp3) is 0.643. The van der Waals surface area contributed by atoms with Crippen LogP contribution in [-0.2, 0) is 9.47 Å². The van der Waals surface area contributed by atoms with Gasteiger partial charge < -0.3 is 19.5 Å². The van der Waals surface area contributed by atoms with Crippen LogP contribution in [0.15, 0.2) is 18.5 Å². The van der Waals surface area contributed by atoms with Gasteiger partial charge in [0.1, 0.15) is 5.75 Å². The molecule has 5 nitrogen and oxygen atoms in total. The molecule has 0 saturated carbocycles. The first-order valence-electron chi connectivity index (χ1n) is 6.60. The van der Waals surface area contributed by atoms with Crippen LogP contribution in [-0.4, -0.2) is 45.6 Å². The monoisotopic (exact) mass is 268 g/mol. The predicted molar refractivity (Wildman–Crippen MR) is 74.5 cm³/mol. The zero-order valence-electron chi connectivity index (χ0n) is 12.0. The van der Waals surface area contributed by atoms with Gasteiger partial charge in [0.05, 0.1) is 26.5 Å². The number of aromatic nitrogens is 1. The Hall–Kier alpha value is -1.17. The van der Waals surface area contributed by atoms with E-state index in [9.17, 15) is 0 Å². The molecule has 0 radical (unpaired) electrons. The van der Waals surface area contributed by atoms with Crippen LogP contribution in [0.2, 0.25) is 0 Å². The minimum Gasteiger partial charge on any atom is -0.495 e. The van der Waals surface area contributed by atoms with Crippen LogP contribution in [0.5, 0.6) is 5.75 Å². The van der Waals surface area contributed by atoms with E-state index >= 15 is 0 Å². The molecule has 0 fully saturated rings. The van der Waals surface area contributed by atoms with Crippen LogP contribution < -0.4 is 10.1 Å². The first-order valence-corrected chi connectivity index (χ1v) is 6.60. The number of methoxy groups -OCH3 is 2. The summed E-state index contributed by atoms with van der Waals surface area (Å²) < 4.78 is 15.7. The maximum atomic E-state index is 5.51. The topological polar surface area (TPSA) is 52.6 Å². The molecule has 1 unspecified atom stereocenters. The number of hydrogen-bond donors (Lipinski definition) is 1. The minimum atomic E-state index is 0.232. The van der Waals surface area contributed by atoms with E-state index in [1.807, 2.05) is 12.3 Å². The first-order chi connectivity index (χ1) is 9.31. The second kappa shape index (κ2) is 9.72. The summed E-state index contributed by atoms with van der Waals surface area (Å²) in [6.07, 6.45) is 4.47. The molecular formula is C14H24N2O3. The summed E-state index contributed by atoms with van der Waals surface area (Å²) in [5.74, 6) is 0.778. The summed E-state index contributed by atoms with van der Waals surface area (Å²) in [6.45, 7) is 4.95. The van der Waals surface area contributed by atoms with Crippen molar-refractivity contribution in [1.82, 2.24) is 10.3 Å². The normalized spacial score (nSPS) is 12.4. The number of rotatable bonds is 10. The zero-order valence-corrected chi connectivity index (χ0v) is 12.0. The van der Waals surface area contributed by atoms with Gasteiger partial charge in [0, 0.05) is 26.0 Å². The quantitative estimate of drug-likeness (QED) is 0.656. The van der Waals surface area contributed by atoms with Gasteiger partial charge in [-0.05, 0) is 24.6 Å². The molecule has 0 bridgehead atoms. The fourth-order valence-corrected chi connectivity index (χ4v) is 1.82. The molecule has 19 heavy (non-hydrogen) atoms. The molecule has 1 aromatic heterocycles. The summed E-state index contributed by atoms with van der Waals surface area (Å²) in [4.78, 5) is 4.19. The van der Waals surface area contributed by atoms with Crippen LogP contribution >= 0.6 is 0 Å². The third kappa shape index (κ3) is 6.00. The Morgan fingerprint density at radius 2 is 2.05 bits per heavy atom. The molecule has 0 saturated heterocycles. The SMILES string of the molecule is CCNC(CCOCCOC)c1cncc(OC)c1. The second-order valence-corrected chi connectivity index (χ2v) is 4.16. The number of pyridine rings is 1. The number of hydrogen-bond acceptors (Lipinski definition) is 5. The van der Waals surface area contributed by atoms with Crippen molar-refractivity contribution in [3.8, 4) is 5.75 Å². The summed E-state index contributed by atoms with van der Waals surface area (Å²) in [7, 11) is 3.32. The van der Waals surface area contributed by atoms with Crippen molar-refractivity contribution in [2.75, 3.05) is 40.6 Å². The predicted octanol–water partition coefficient (Wildman–Crippen LogP) is 1.79. The molecule has 0 amide bonds. The van der Waals surface area contributed by atoms with Crippen molar-refractivity contribution in [3.63, 3.8) is 0 Å². The lowest BCUT2D eigenvalue weighted by Gasteiger charge is -2.18. The van der Waals surface area contributed by atoms with Gasteiger partial charge in [0.25, 0.3) is 0 Å². The van der Waals surface area contributed by atoms with Crippen molar-refractivity contribution in [2.24, 2.45) is 0 Å². The van der Waals surface area contributed by atoms with Crippen molar-refractivity contribution in [2.45, 2.75) is 19.4 Å². The molecule has 1 rings (SSSR count). The van der Waals surface area contributed by atoms with Crippen molar-refractivity contribution in [1.29, 1.82) is 0 Å². The van der Waals surface area contributed by atoms with E-state index < -0.39 is 0 Å². The highest BCUT2D eigenvalue weighted by Gasteiger charge is 2.11. The third-order valence-corrected chi connectivity index (χ3v) is 2.81. The number of nitrogens with zero attached hydrogens (tertiary/aromatic N) is 1. The van der Waals surface area contributed by atoms with Crippen molar-refractivity contribution < 1.29 is 14.2 Å². The summed E-state index contributed by atoms with van der Waals surface area (Å²) in [6, 6.07) is 2.24. The lowest BCUT2D eigenvalue weighted by atomic mass is 10.1. The highest BCUT2D eigenvalue weighted by atomic mass is 16.5. The van der Waals surface area contributed by atoms with Gasteiger partial charge in [-0.1, -0.05) is 6.92 Å². The van der Waals surface area contributed by atoms with Crippen molar-refractivity contribution >= 4 is 0 Å². The standard InChI is InChI=1S/C14H24N2O3/c1-4-16-14(5-6-19-8-7-17-2)12-9-13(18-3)11-15-10-12/h9-11,14,16H,4-8H2,1-3H3. The van der Waals surface area contributed by atoms with Gasteiger partial charge in [-0.3, -0.25) is 4.98 Å². The smallest absolute Gasteiger partial charge is 0.137 e. The van der Waals surface area contributed by atoms with E-state index in [-0.39, 0.29) is 6.04 Å². The molecule has 108 valence electrons. The molecule has 0 aromatic carbocycles. The maximum Gasteiger partial charge on any atom is 0.137 e. The Balaban J connectivity index is 2.50. The Morgan fingerprint density at radius 1 is 1.21 bits per heavy atom. The van der Waals surface area contributed by atoms with Gasteiger partial charge in [-0.25, -0.2) is 0 Å². The maximum absolute atomic E-state index is 5.51. The highest BCUT2D eigenvalue weighted by Crippen LogP contribution is 2.20. The minimum absolute atomic E-state index is 0.232. The summed E-state index contributed by atoms with van der Waals surface area (Å²) >= 11 is 0. The van der Waals surface area contributed by atoms with Crippen LogP contribution in [0, 0.1) is 0 Å². The first kappa shape index (κ1) is 15.9. The number of nitrogens with one attached hydrogen (secondary N) is 1. The van der Waals surface area contributed by atoms with Crippen LogP contribution in [0.4, 0.5) is 0 Å². The van der Waals surface area contributed by atoms with E-state index in [0.717, 1.165) is 24.3 Å². The van der Waals surface area contributed by atoms with E-state index in [4.69, 9.17) is 14.2 Å². The van der Waals surface area contributed by atoms with Crippen LogP contribution in [0.1, 0.15) is 24.9 Å². The van der Waals surface area contributed by atoms with Gasteiger partial charge in [0.15, 0.2) is 0 Å². The van der Waals surface area contributed by atoms with Crippen molar-refractivity contribution in [3.05, 3.63) is 24.0 Å². The van der Waals surface area contributed by atoms with E-state index in [0.29, 0.717) is 19.8 Å². The lowest BCUT2D eigenvalue weighted by Crippen LogP contribution is -2.23. The largest absolute Gasteiger partial charge is 0.495 e. The van der Waals surface area contributed by atoms with Crippen LogP contribution in [0.25, 0.3) is 0 Å². The molecule has 0 aliphatic carbocycles. The van der Waals surface area contributed by atoms with Gasteiger partial charge in [0.2, 0.25) is 0 Å². The van der Waals surface area contributed by atoms with E-state index in [1.54, 1.807) is 20.4 Å². The highest BCUT2D eigenvalue weighted by molar-refractivity contribution is 5.25. The zero-order chi connectivity index (χ0) is 13.9. The Kier molecular flexibility index (Phi) is 8.13. The Morgan fingerprint density at radius 3 is 2.74 bits per heavy atom.